The first-order chi connectivity index (χ1) is 5.06. The second-order valence-electron chi connectivity index (χ2n) is 2.34. The maximum atomic E-state index is 10.3. The van der Waals surface area contributed by atoms with Gasteiger partial charge in [0.1, 0.15) is 0 Å². The zero-order chi connectivity index (χ0) is 8.74. The van der Waals surface area contributed by atoms with Gasteiger partial charge in [-0.15, -0.1) is 0 Å². The summed E-state index contributed by atoms with van der Waals surface area (Å²) in [4.78, 5) is 0. The smallest absolute Gasteiger partial charge is 0.208 e. The summed E-state index contributed by atoms with van der Waals surface area (Å²) in [5.74, 6) is 0. The van der Waals surface area contributed by atoms with Crippen LogP contribution in [0.4, 0.5) is 0 Å². The fraction of sp³-hybridized carbons (Fsp3) is 0.714. The zero-order valence-electron chi connectivity index (χ0n) is 6.59. The Morgan fingerprint density at radius 3 is 2.45 bits per heavy atom. The Kier molecular flexibility index (Phi) is 5.60. The molecule has 0 fully saturated rings. The average Bonchev–Trinajstić information content (AvgIpc) is 1.85. The van der Waals surface area contributed by atoms with Crippen LogP contribution in [-0.4, -0.2) is 8.42 Å². The van der Waals surface area contributed by atoms with Gasteiger partial charge in [0.2, 0.25) is 0 Å². The van der Waals surface area contributed by atoms with E-state index in [1.807, 2.05) is 0 Å². The monoisotopic (exact) mass is 196 g/mol. The van der Waals surface area contributed by atoms with Crippen molar-refractivity contribution in [3.8, 4) is 0 Å². The van der Waals surface area contributed by atoms with E-state index < -0.39 is 9.05 Å². The predicted molar refractivity (Wildman–Crippen MR) is 48.1 cm³/mol. The molecule has 0 radical (unpaired) electrons. The largest absolute Gasteiger partial charge is 0.254 e. The molecule has 0 saturated carbocycles. The van der Waals surface area contributed by atoms with Gasteiger partial charge in [0.05, 0.1) is 0 Å². The molecule has 66 valence electrons. The summed E-state index contributed by atoms with van der Waals surface area (Å²) >= 11 is 0. The van der Waals surface area contributed by atoms with Crippen molar-refractivity contribution in [2.24, 2.45) is 0 Å². The van der Waals surface area contributed by atoms with Crippen molar-refractivity contribution in [2.45, 2.75) is 32.6 Å². The Morgan fingerprint density at radius 2 is 2.00 bits per heavy atom. The van der Waals surface area contributed by atoms with Gasteiger partial charge in [-0.25, -0.2) is 8.42 Å². The molecule has 0 aromatic heterocycles. The van der Waals surface area contributed by atoms with E-state index in [4.69, 9.17) is 10.7 Å². The molecule has 0 bridgehead atoms. The topological polar surface area (TPSA) is 34.1 Å². The second kappa shape index (κ2) is 5.61. The first kappa shape index (κ1) is 11.0. The Hall–Kier alpha value is -0.0200. The van der Waals surface area contributed by atoms with Crippen LogP contribution in [0.15, 0.2) is 11.5 Å². The highest BCUT2D eigenvalue weighted by Gasteiger charge is 1.94. The fourth-order valence-corrected chi connectivity index (χ4v) is 1.28. The number of allylic oxidation sites excluding steroid dienone is 1. The maximum absolute atomic E-state index is 10.3. The molecule has 2 nitrogen and oxygen atoms in total. The number of hydrogen-bond donors (Lipinski definition) is 0. The molecular formula is C7H13ClO2S. The van der Waals surface area contributed by atoms with Crippen molar-refractivity contribution in [1.29, 1.82) is 0 Å². The van der Waals surface area contributed by atoms with Crippen molar-refractivity contribution in [1.82, 2.24) is 0 Å². The van der Waals surface area contributed by atoms with Crippen molar-refractivity contribution in [3.05, 3.63) is 11.5 Å². The van der Waals surface area contributed by atoms with E-state index in [0.29, 0.717) is 0 Å². The third-order valence-corrected chi connectivity index (χ3v) is 2.06. The summed E-state index contributed by atoms with van der Waals surface area (Å²) < 4.78 is 20.7. The van der Waals surface area contributed by atoms with Gasteiger partial charge in [0.25, 0.3) is 9.05 Å². The molecule has 0 aromatic carbocycles. The Bertz CT molecular complexity index is 206. The lowest BCUT2D eigenvalue weighted by Crippen LogP contribution is -1.79. The van der Waals surface area contributed by atoms with Crippen LogP contribution in [0.1, 0.15) is 32.6 Å². The molecular weight excluding hydrogens is 184 g/mol. The van der Waals surface area contributed by atoms with Gasteiger partial charge in [-0.1, -0.05) is 25.8 Å². The molecule has 0 spiro atoms. The Balaban J connectivity index is 3.46. The first-order valence-corrected chi connectivity index (χ1v) is 6.04. The number of halogens is 1. The van der Waals surface area contributed by atoms with Crippen LogP contribution in [0.3, 0.4) is 0 Å². The van der Waals surface area contributed by atoms with Crippen LogP contribution in [0.25, 0.3) is 0 Å². The third-order valence-electron chi connectivity index (χ3n) is 1.23. The summed E-state index contributed by atoms with van der Waals surface area (Å²) in [5.41, 5.74) is 0. The molecule has 0 atom stereocenters. The zero-order valence-corrected chi connectivity index (χ0v) is 8.16. The normalized spacial score (nSPS) is 12.5. The van der Waals surface area contributed by atoms with E-state index in [0.717, 1.165) is 31.1 Å². The summed E-state index contributed by atoms with van der Waals surface area (Å²) in [6.45, 7) is 2.10. The third kappa shape index (κ3) is 9.98. The van der Waals surface area contributed by atoms with Crippen molar-refractivity contribution in [2.75, 3.05) is 0 Å². The lowest BCUT2D eigenvalue weighted by atomic mass is 10.2. The molecule has 0 saturated heterocycles. The molecule has 0 heterocycles. The summed E-state index contributed by atoms with van der Waals surface area (Å²) in [7, 11) is 1.51. The van der Waals surface area contributed by atoms with Crippen LogP contribution >= 0.6 is 10.7 Å². The molecule has 0 aromatic rings. The van der Waals surface area contributed by atoms with E-state index in [9.17, 15) is 8.42 Å². The molecule has 11 heavy (non-hydrogen) atoms. The molecule has 4 heteroatoms. The fourth-order valence-electron chi connectivity index (χ4n) is 0.695. The molecule has 0 aliphatic rings. The molecule has 0 aliphatic carbocycles. The van der Waals surface area contributed by atoms with Gasteiger partial charge in [0.15, 0.2) is 0 Å². The predicted octanol–water partition coefficient (Wildman–Crippen LogP) is 2.65. The van der Waals surface area contributed by atoms with Gasteiger partial charge in [-0.2, -0.15) is 0 Å². The molecule has 0 rings (SSSR count). The summed E-state index contributed by atoms with van der Waals surface area (Å²) in [5, 5.41) is 1.05. The van der Waals surface area contributed by atoms with Crippen LogP contribution < -0.4 is 0 Å². The van der Waals surface area contributed by atoms with E-state index in [-0.39, 0.29) is 0 Å². The van der Waals surface area contributed by atoms with Gasteiger partial charge >= 0.3 is 0 Å². The highest BCUT2D eigenvalue weighted by atomic mass is 35.7. The molecule has 0 N–H and O–H groups in total. The lowest BCUT2D eigenvalue weighted by molar-refractivity contribution is 0.617. The average molecular weight is 197 g/mol. The van der Waals surface area contributed by atoms with Crippen LogP contribution in [-0.2, 0) is 9.05 Å². The van der Waals surface area contributed by atoms with Crippen molar-refractivity contribution >= 4 is 19.7 Å². The first-order valence-electron chi connectivity index (χ1n) is 3.67. The molecule has 0 unspecified atom stereocenters. The van der Waals surface area contributed by atoms with E-state index in [2.05, 4.69) is 6.92 Å². The van der Waals surface area contributed by atoms with Crippen LogP contribution in [0.2, 0.25) is 0 Å². The summed E-state index contributed by atoms with van der Waals surface area (Å²) in [6, 6.07) is 0. The van der Waals surface area contributed by atoms with E-state index in [1.165, 1.54) is 0 Å². The van der Waals surface area contributed by atoms with Crippen molar-refractivity contribution in [3.63, 3.8) is 0 Å². The Labute approximate surface area is 72.7 Å². The Morgan fingerprint density at radius 1 is 1.36 bits per heavy atom. The quantitative estimate of drug-likeness (QED) is 0.501. The second-order valence-corrected chi connectivity index (χ2v) is 4.86. The minimum atomic E-state index is -3.42. The SMILES string of the molecule is CCCCCC=CS(=O)(=O)Cl. The van der Waals surface area contributed by atoms with Gasteiger partial charge in [-0.05, 0) is 12.8 Å². The number of hydrogen-bond acceptors (Lipinski definition) is 2. The minimum Gasteiger partial charge on any atom is -0.208 e. The number of rotatable bonds is 5. The van der Waals surface area contributed by atoms with Gasteiger partial charge < -0.3 is 0 Å². The lowest BCUT2D eigenvalue weighted by Gasteiger charge is -1.89. The van der Waals surface area contributed by atoms with Crippen LogP contribution in [0, 0.1) is 0 Å². The van der Waals surface area contributed by atoms with E-state index in [1.54, 1.807) is 6.08 Å². The van der Waals surface area contributed by atoms with E-state index >= 15 is 0 Å². The van der Waals surface area contributed by atoms with Crippen LogP contribution in [0.5, 0.6) is 0 Å². The summed E-state index contributed by atoms with van der Waals surface area (Å²) in [6.07, 6.45) is 5.69. The number of unbranched alkanes of at least 4 members (excludes halogenated alkanes) is 3. The highest BCUT2D eigenvalue weighted by molar-refractivity contribution is 8.16. The maximum Gasteiger partial charge on any atom is 0.254 e. The standard InChI is InChI=1S/C7H13ClO2S/c1-2-3-4-5-6-7-11(8,9)10/h6-7H,2-5H2,1H3. The van der Waals surface area contributed by atoms with Gasteiger partial charge in [0, 0.05) is 16.1 Å². The highest BCUT2D eigenvalue weighted by Crippen LogP contribution is 2.03. The van der Waals surface area contributed by atoms with Gasteiger partial charge in [-0.3, -0.25) is 0 Å². The molecule has 0 aliphatic heterocycles. The van der Waals surface area contributed by atoms with Crippen molar-refractivity contribution < 1.29 is 8.42 Å². The minimum absolute atomic E-state index is 0.791. The molecule has 0 amide bonds.